The lowest BCUT2D eigenvalue weighted by molar-refractivity contribution is 0.0105. The first-order valence-corrected chi connectivity index (χ1v) is 5.81. The summed E-state index contributed by atoms with van der Waals surface area (Å²) >= 11 is 6.07. The van der Waals surface area contributed by atoms with Crippen LogP contribution >= 0.6 is 11.6 Å². The van der Waals surface area contributed by atoms with Crippen molar-refractivity contribution in [1.29, 1.82) is 0 Å². The Hall–Kier alpha value is -0.610. The van der Waals surface area contributed by atoms with Crippen LogP contribution in [-0.2, 0) is 9.47 Å². The molecule has 3 nitrogen and oxygen atoms in total. The van der Waals surface area contributed by atoms with E-state index >= 15 is 0 Å². The summed E-state index contributed by atoms with van der Waals surface area (Å²) in [7, 11) is 0. The molecule has 4 heteroatoms. The lowest BCUT2D eigenvalue weighted by Gasteiger charge is -2.17. The van der Waals surface area contributed by atoms with Crippen LogP contribution in [0.3, 0.4) is 0 Å². The Kier molecular flexibility index (Phi) is 6.42. The van der Waals surface area contributed by atoms with Crippen molar-refractivity contribution in [1.82, 2.24) is 0 Å². The van der Waals surface area contributed by atoms with Crippen molar-refractivity contribution >= 4 is 11.6 Å². The third kappa shape index (κ3) is 4.10. The second-order valence-corrected chi connectivity index (χ2v) is 3.72. The molecule has 1 unspecified atom stereocenters. The number of nitrogens with two attached hydrogens (primary N) is 1. The molecule has 0 bridgehead atoms. The van der Waals surface area contributed by atoms with Gasteiger partial charge in [-0.25, -0.2) is 0 Å². The summed E-state index contributed by atoms with van der Waals surface area (Å²) < 4.78 is 10.8. The van der Waals surface area contributed by atoms with Crippen molar-refractivity contribution in [3.8, 4) is 0 Å². The molecule has 0 amide bonds. The molecule has 0 aliphatic heterocycles. The van der Waals surface area contributed by atoms with Gasteiger partial charge in [-0.15, -0.1) is 0 Å². The van der Waals surface area contributed by atoms with Crippen LogP contribution in [0.25, 0.3) is 0 Å². The maximum absolute atomic E-state index is 6.07. The minimum Gasteiger partial charge on any atom is -0.379 e. The van der Waals surface area contributed by atoms with Crippen LogP contribution in [0, 0.1) is 0 Å². The summed E-state index contributed by atoms with van der Waals surface area (Å²) in [4.78, 5) is 0. The fourth-order valence-electron chi connectivity index (χ4n) is 1.41. The zero-order valence-electron chi connectivity index (χ0n) is 9.49. The molecule has 0 saturated carbocycles. The number of benzene rings is 1. The molecular weight excluding hydrogens is 226 g/mol. The molecule has 0 saturated heterocycles. The van der Waals surface area contributed by atoms with E-state index < -0.39 is 0 Å². The van der Waals surface area contributed by atoms with E-state index in [1.54, 1.807) is 0 Å². The van der Waals surface area contributed by atoms with Crippen LogP contribution < -0.4 is 5.73 Å². The smallest absolute Gasteiger partial charge is 0.0962 e. The Morgan fingerprint density at radius 3 is 2.69 bits per heavy atom. The van der Waals surface area contributed by atoms with E-state index in [4.69, 9.17) is 26.8 Å². The standard InChI is InChI=1S/C12H18ClNO2/c1-2-15-7-8-16-12(9-14)10-5-3-4-6-11(10)13/h3-6,12H,2,7-9,14H2,1H3. The average Bonchev–Trinajstić information content (AvgIpc) is 2.31. The van der Waals surface area contributed by atoms with Crippen molar-refractivity contribution in [3.05, 3.63) is 34.9 Å². The minimum atomic E-state index is -0.158. The highest BCUT2D eigenvalue weighted by Crippen LogP contribution is 2.24. The Morgan fingerprint density at radius 1 is 1.31 bits per heavy atom. The van der Waals surface area contributed by atoms with E-state index in [9.17, 15) is 0 Å². The zero-order chi connectivity index (χ0) is 11.8. The first-order chi connectivity index (χ1) is 7.79. The van der Waals surface area contributed by atoms with Gasteiger partial charge in [0.1, 0.15) is 0 Å². The fraction of sp³-hybridized carbons (Fsp3) is 0.500. The predicted octanol–water partition coefficient (Wildman–Crippen LogP) is 2.39. The van der Waals surface area contributed by atoms with Gasteiger partial charge in [0.15, 0.2) is 0 Å². The van der Waals surface area contributed by atoms with Crippen molar-refractivity contribution in [2.24, 2.45) is 5.73 Å². The van der Waals surface area contributed by atoms with Crippen LogP contribution in [-0.4, -0.2) is 26.4 Å². The molecule has 2 N–H and O–H groups in total. The van der Waals surface area contributed by atoms with Crippen molar-refractivity contribution in [2.45, 2.75) is 13.0 Å². The number of hydrogen-bond acceptors (Lipinski definition) is 3. The molecular formula is C12H18ClNO2. The lowest BCUT2D eigenvalue weighted by Crippen LogP contribution is -2.18. The first kappa shape index (κ1) is 13.5. The number of hydrogen-bond donors (Lipinski definition) is 1. The topological polar surface area (TPSA) is 44.5 Å². The van der Waals surface area contributed by atoms with E-state index in [0.717, 1.165) is 5.56 Å². The second-order valence-electron chi connectivity index (χ2n) is 3.31. The Balaban J connectivity index is 2.51. The van der Waals surface area contributed by atoms with E-state index in [1.165, 1.54) is 0 Å². The highest BCUT2D eigenvalue weighted by Gasteiger charge is 2.12. The molecule has 0 spiro atoms. The summed E-state index contributed by atoms with van der Waals surface area (Å²) in [5, 5.41) is 0.689. The summed E-state index contributed by atoms with van der Waals surface area (Å²) in [5.41, 5.74) is 6.60. The van der Waals surface area contributed by atoms with E-state index in [1.807, 2.05) is 31.2 Å². The van der Waals surface area contributed by atoms with Gasteiger partial charge in [0.25, 0.3) is 0 Å². The van der Waals surface area contributed by atoms with Crippen LogP contribution in [0.1, 0.15) is 18.6 Å². The lowest BCUT2D eigenvalue weighted by atomic mass is 10.1. The minimum absolute atomic E-state index is 0.158. The van der Waals surface area contributed by atoms with E-state index in [-0.39, 0.29) is 6.10 Å². The maximum Gasteiger partial charge on any atom is 0.0962 e. The summed E-state index contributed by atoms with van der Waals surface area (Å²) in [6, 6.07) is 7.58. The van der Waals surface area contributed by atoms with Gasteiger partial charge in [0.2, 0.25) is 0 Å². The maximum atomic E-state index is 6.07. The summed E-state index contributed by atoms with van der Waals surface area (Å²) in [5.74, 6) is 0. The van der Waals surface area contributed by atoms with E-state index in [0.29, 0.717) is 31.4 Å². The molecule has 0 aliphatic carbocycles. The van der Waals surface area contributed by atoms with Gasteiger partial charge >= 0.3 is 0 Å². The van der Waals surface area contributed by atoms with Gasteiger partial charge in [-0.2, -0.15) is 0 Å². The zero-order valence-corrected chi connectivity index (χ0v) is 10.2. The van der Waals surface area contributed by atoms with Gasteiger partial charge in [-0.1, -0.05) is 29.8 Å². The average molecular weight is 244 g/mol. The molecule has 90 valence electrons. The van der Waals surface area contributed by atoms with Crippen molar-refractivity contribution in [3.63, 3.8) is 0 Å². The van der Waals surface area contributed by atoms with Gasteiger partial charge in [0, 0.05) is 23.7 Å². The molecule has 0 fully saturated rings. The predicted molar refractivity (Wildman–Crippen MR) is 65.7 cm³/mol. The number of rotatable bonds is 7. The highest BCUT2D eigenvalue weighted by molar-refractivity contribution is 6.31. The van der Waals surface area contributed by atoms with Crippen LogP contribution in [0.5, 0.6) is 0 Å². The fourth-order valence-corrected chi connectivity index (χ4v) is 1.67. The SMILES string of the molecule is CCOCCOC(CN)c1ccccc1Cl. The van der Waals surface area contributed by atoms with Crippen molar-refractivity contribution in [2.75, 3.05) is 26.4 Å². The normalized spacial score (nSPS) is 12.7. The molecule has 1 aromatic carbocycles. The Bertz CT molecular complexity index is 307. The number of ether oxygens (including phenoxy) is 2. The van der Waals surface area contributed by atoms with Crippen LogP contribution in [0.15, 0.2) is 24.3 Å². The van der Waals surface area contributed by atoms with Crippen molar-refractivity contribution < 1.29 is 9.47 Å². The quantitative estimate of drug-likeness (QED) is 0.748. The van der Waals surface area contributed by atoms with Crippen LogP contribution in [0.2, 0.25) is 5.02 Å². The van der Waals surface area contributed by atoms with Gasteiger partial charge < -0.3 is 15.2 Å². The third-order valence-electron chi connectivity index (χ3n) is 2.22. The second kappa shape index (κ2) is 7.63. The van der Waals surface area contributed by atoms with Crippen LogP contribution in [0.4, 0.5) is 0 Å². The molecule has 1 aromatic rings. The summed E-state index contributed by atoms with van der Waals surface area (Å²) in [6.45, 7) is 4.17. The molecule has 1 rings (SSSR count). The largest absolute Gasteiger partial charge is 0.379 e. The van der Waals surface area contributed by atoms with Gasteiger partial charge in [-0.05, 0) is 13.0 Å². The highest BCUT2D eigenvalue weighted by atomic mass is 35.5. The number of halogens is 1. The monoisotopic (exact) mass is 243 g/mol. The molecule has 0 heterocycles. The van der Waals surface area contributed by atoms with Gasteiger partial charge in [0.05, 0.1) is 19.3 Å². The third-order valence-corrected chi connectivity index (χ3v) is 2.56. The molecule has 0 aromatic heterocycles. The first-order valence-electron chi connectivity index (χ1n) is 5.43. The van der Waals surface area contributed by atoms with Gasteiger partial charge in [-0.3, -0.25) is 0 Å². The molecule has 0 radical (unpaired) electrons. The Morgan fingerprint density at radius 2 is 2.06 bits per heavy atom. The summed E-state index contributed by atoms with van der Waals surface area (Å²) in [6.07, 6.45) is -0.158. The molecule has 16 heavy (non-hydrogen) atoms. The van der Waals surface area contributed by atoms with E-state index in [2.05, 4.69) is 0 Å². The Labute approximate surface area is 101 Å². The molecule has 0 aliphatic rings. The molecule has 1 atom stereocenters.